The van der Waals surface area contributed by atoms with Crippen molar-refractivity contribution < 1.29 is 4.79 Å². The zero-order valence-corrected chi connectivity index (χ0v) is 8.69. The third-order valence-corrected chi connectivity index (χ3v) is 2.43. The number of Topliss-reactive ketones (excluding diaryl/α,β-unsaturated/α-hetero) is 1. The summed E-state index contributed by atoms with van der Waals surface area (Å²) in [5.74, 6) is -0.133. The Hall–Kier alpha value is -2.10. The molecule has 2 rings (SSSR count). The Balaban J connectivity index is 2.00. The maximum absolute atomic E-state index is 11.7. The highest BCUT2D eigenvalue weighted by atomic mass is 16.1. The molecular weight excluding hydrogens is 204 g/mol. The second kappa shape index (κ2) is 4.61. The van der Waals surface area contributed by atoms with Gasteiger partial charge < -0.3 is 5.10 Å². The van der Waals surface area contributed by atoms with Crippen molar-refractivity contribution >= 4 is 5.78 Å². The van der Waals surface area contributed by atoms with Crippen LogP contribution in [0.4, 0.5) is 0 Å². The first-order valence-corrected chi connectivity index (χ1v) is 5.10. The van der Waals surface area contributed by atoms with E-state index in [0.29, 0.717) is 12.8 Å². The number of carbonyl (C=O) groups is 1. The average molecular weight is 216 g/mol. The van der Waals surface area contributed by atoms with Crippen LogP contribution < -0.4 is 5.56 Å². The normalized spacial score (nSPS) is 10.2. The SMILES string of the molecule is O=C(CCc1ccccc1)c1c[nH][nH]c1=O. The molecule has 16 heavy (non-hydrogen) atoms. The molecule has 1 aromatic carbocycles. The predicted octanol–water partition coefficient (Wildman–Crippen LogP) is 1.52. The molecule has 0 saturated carbocycles. The van der Waals surface area contributed by atoms with Crippen molar-refractivity contribution in [3.63, 3.8) is 0 Å². The molecule has 82 valence electrons. The van der Waals surface area contributed by atoms with Gasteiger partial charge >= 0.3 is 0 Å². The van der Waals surface area contributed by atoms with E-state index >= 15 is 0 Å². The zero-order chi connectivity index (χ0) is 11.4. The lowest BCUT2D eigenvalue weighted by molar-refractivity contribution is 0.0982. The fourth-order valence-corrected chi connectivity index (χ4v) is 1.55. The number of aromatic nitrogens is 2. The van der Waals surface area contributed by atoms with E-state index in [4.69, 9.17) is 0 Å². The molecule has 0 atom stereocenters. The number of benzene rings is 1. The summed E-state index contributed by atoms with van der Waals surface area (Å²) in [5, 5.41) is 4.87. The second-order valence-corrected chi connectivity index (χ2v) is 3.57. The zero-order valence-electron chi connectivity index (χ0n) is 8.69. The number of ketones is 1. The molecule has 0 fully saturated rings. The van der Waals surface area contributed by atoms with Crippen LogP contribution in [0.2, 0.25) is 0 Å². The number of nitrogens with one attached hydrogen (secondary N) is 2. The summed E-state index contributed by atoms with van der Waals surface area (Å²) < 4.78 is 0. The molecule has 0 aliphatic heterocycles. The van der Waals surface area contributed by atoms with Crippen LogP contribution in [-0.4, -0.2) is 16.0 Å². The minimum absolute atomic E-state index is 0.133. The summed E-state index contributed by atoms with van der Waals surface area (Å²) in [6.45, 7) is 0. The van der Waals surface area contributed by atoms with Gasteiger partial charge in [-0.05, 0) is 12.0 Å². The first kappa shape index (κ1) is 10.4. The molecule has 0 saturated heterocycles. The van der Waals surface area contributed by atoms with Gasteiger partial charge in [0, 0.05) is 12.6 Å². The molecule has 0 radical (unpaired) electrons. The molecule has 0 unspecified atom stereocenters. The number of H-pyrrole nitrogens is 2. The van der Waals surface area contributed by atoms with E-state index in [1.54, 1.807) is 0 Å². The van der Waals surface area contributed by atoms with Crippen LogP contribution in [0.15, 0.2) is 41.3 Å². The number of aromatic amines is 2. The third-order valence-electron chi connectivity index (χ3n) is 2.43. The quantitative estimate of drug-likeness (QED) is 0.761. The summed E-state index contributed by atoms with van der Waals surface area (Å²) >= 11 is 0. The van der Waals surface area contributed by atoms with Crippen molar-refractivity contribution in [1.29, 1.82) is 0 Å². The summed E-state index contributed by atoms with van der Waals surface area (Å²) in [7, 11) is 0. The first-order valence-electron chi connectivity index (χ1n) is 5.10. The summed E-state index contributed by atoms with van der Waals surface area (Å²) in [5.41, 5.74) is 0.955. The minimum atomic E-state index is -0.349. The fraction of sp³-hybridized carbons (Fsp3) is 0.167. The minimum Gasteiger partial charge on any atom is -0.305 e. The molecule has 2 N–H and O–H groups in total. The van der Waals surface area contributed by atoms with Crippen molar-refractivity contribution in [3.8, 4) is 0 Å². The number of hydrogen-bond donors (Lipinski definition) is 2. The lowest BCUT2D eigenvalue weighted by Crippen LogP contribution is -2.12. The summed E-state index contributed by atoms with van der Waals surface area (Å²) in [6, 6.07) is 9.73. The van der Waals surface area contributed by atoms with Gasteiger partial charge in [-0.2, -0.15) is 0 Å². The second-order valence-electron chi connectivity index (χ2n) is 3.57. The number of carbonyl (C=O) groups excluding carboxylic acids is 1. The topological polar surface area (TPSA) is 65.7 Å². The van der Waals surface area contributed by atoms with E-state index in [1.165, 1.54) is 6.20 Å². The van der Waals surface area contributed by atoms with Crippen LogP contribution in [0.5, 0.6) is 0 Å². The highest BCUT2D eigenvalue weighted by Gasteiger charge is 2.10. The van der Waals surface area contributed by atoms with Crippen molar-refractivity contribution in [1.82, 2.24) is 10.2 Å². The van der Waals surface area contributed by atoms with Crippen molar-refractivity contribution in [2.45, 2.75) is 12.8 Å². The van der Waals surface area contributed by atoms with E-state index < -0.39 is 0 Å². The van der Waals surface area contributed by atoms with Crippen LogP contribution in [0, 0.1) is 0 Å². The van der Waals surface area contributed by atoms with Crippen molar-refractivity contribution in [2.24, 2.45) is 0 Å². The number of hydrogen-bond acceptors (Lipinski definition) is 2. The standard InChI is InChI=1S/C12H12N2O2/c15-11(10-8-13-14-12(10)16)7-6-9-4-2-1-3-5-9/h1-5,8H,6-7H2,(H2,13,14,16). The smallest absolute Gasteiger partial charge is 0.274 e. The van der Waals surface area contributed by atoms with Crippen molar-refractivity contribution in [2.75, 3.05) is 0 Å². The van der Waals surface area contributed by atoms with Crippen LogP contribution in [0.25, 0.3) is 0 Å². The Kier molecular flexibility index (Phi) is 3.00. The van der Waals surface area contributed by atoms with Crippen LogP contribution >= 0.6 is 0 Å². The highest BCUT2D eigenvalue weighted by molar-refractivity contribution is 5.95. The molecule has 0 aliphatic carbocycles. The van der Waals surface area contributed by atoms with E-state index in [1.807, 2.05) is 30.3 Å². The summed E-state index contributed by atoms with van der Waals surface area (Å²) in [4.78, 5) is 22.8. The van der Waals surface area contributed by atoms with Crippen molar-refractivity contribution in [3.05, 3.63) is 58.0 Å². The van der Waals surface area contributed by atoms with Gasteiger partial charge in [0.15, 0.2) is 5.78 Å². The molecule has 4 nitrogen and oxygen atoms in total. The molecule has 0 amide bonds. The third kappa shape index (κ3) is 2.28. The molecule has 1 heterocycles. The Labute approximate surface area is 92.3 Å². The van der Waals surface area contributed by atoms with E-state index in [9.17, 15) is 9.59 Å². The monoisotopic (exact) mass is 216 g/mol. The lowest BCUT2D eigenvalue weighted by atomic mass is 10.1. The van der Waals surface area contributed by atoms with Gasteiger partial charge in [0.2, 0.25) is 0 Å². The maximum atomic E-state index is 11.7. The van der Waals surface area contributed by atoms with E-state index in [0.717, 1.165) is 5.56 Å². The Morgan fingerprint density at radius 2 is 1.94 bits per heavy atom. The van der Waals surface area contributed by atoms with Gasteiger partial charge in [-0.25, -0.2) is 0 Å². The average Bonchev–Trinajstić information content (AvgIpc) is 2.74. The Morgan fingerprint density at radius 1 is 1.19 bits per heavy atom. The maximum Gasteiger partial charge on any atom is 0.274 e. The van der Waals surface area contributed by atoms with Gasteiger partial charge in [-0.3, -0.25) is 14.7 Å². The van der Waals surface area contributed by atoms with Crippen LogP contribution in [0.3, 0.4) is 0 Å². The molecule has 1 aromatic heterocycles. The first-order chi connectivity index (χ1) is 7.77. The predicted molar refractivity (Wildman–Crippen MR) is 60.5 cm³/mol. The van der Waals surface area contributed by atoms with E-state index in [2.05, 4.69) is 10.2 Å². The molecular formula is C12H12N2O2. The van der Waals surface area contributed by atoms with Crippen LogP contribution in [-0.2, 0) is 6.42 Å². The van der Waals surface area contributed by atoms with Gasteiger partial charge in [0.05, 0.1) is 0 Å². The molecule has 0 spiro atoms. The number of rotatable bonds is 4. The fourth-order valence-electron chi connectivity index (χ4n) is 1.55. The number of aryl methyl sites for hydroxylation is 1. The Morgan fingerprint density at radius 3 is 2.56 bits per heavy atom. The largest absolute Gasteiger partial charge is 0.305 e. The Bertz CT molecular complexity index is 525. The lowest BCUT2D eigenvalue weighted by Gasteiger charge is -1.98. The highest BCUT2D eigenvalue weighted by Crippen LogP contribution is 2.05. The van der Waals surface area contributed by atoms with Gasteiger partial charge in [-0.1, -0.05) is 30.3 Å². The van der Waals surface area contributed by atoms with E-state index in [-0.39, 0.29) is 16.9 Å². The molecule has 4 heteroatoms. The van der Waals surface area contributed by atoms with Crippen LogP contribution in [0.1, 0.15) is 22.3 Å². The van der Waals surface area contributed by atoms with Gasteiger partial charge in [0.1, 0.15) is 5.56 Å². The van der Waals surface area contributed by atoms with Gasteiger partial charge in [0.25, 0.3) is 5.56 Å². The molecule has 0 bridgehead atoms. The van der Waals surface area contributed by atoms with Gasteiger partial charge in [-0.15, -0.1) is 0 Å². The molecule has 2 aromatic rings. The molecule has 0 aliphatic rings. The summed E-state index contributed by atoms with van der Waals surface area (Å²) in [6.07, 6.45) is 2.42.